The van der Waals surface area contributed by atoms with Crippen LogP contribution in [0.5, 0.6) is 5.75 Å². The normalized spacial score (nSPS) is 14.0. The summed E-state index contributed by atoms with van der Waals surface area (Å²) in [7, 11) is 1.61. The largest absolute Gasteiger partial charge is 0.497 e. The lowest BCUT2D eigenvalue weighted by Gasteiger charge is -2.28. The zero-order valence-corrected chi connectivity index (χ0v) is 26.7. The van der Waals surface area contributed by atoms with Crippen molar-refractivity contribution in [3.8, 4) is 16.9 Å². The van der Waals surface area contributed by atoms with Gasteiger partial charge in [0.05, 0.1) is 7.11 Å². The third-order valence-electron chi connectivity index (χ3n) is 8.35. The van der Waals surface area contributed by atoms with E-state index in [2.05, 4.69) is 66.4 Å². The number of methoxy groups -OCH3 is 1. The SMILES string of the molecule is CCCCn1c(=O)c(NC(=O)Nc2cc(CN3CCCCC3)ccc2C(C)(C)C)c(-c2cccc(OC)c2)c2cccnc21. The second-order valence-electron chi connectivity index (χ2n) is 12.7. The molecule has 1 fully saturated rings. The molecule has 0 atom stereocenters. The molecule has 0 unspecified atom stereocenters. The minimum Gasteiger partial charge on any atom is -0.497 e. The maximum absolute atomic E-state index is 14.2. The number of carbonyl (C=O) groups excluding carboxylic acids is 1. The number of likely N-dealkylation sites (tertiary alicyclic amines) is 1. The predicted molar refractivity (Wildman–Crippen MR) is 180 cm³/mol. The summed E-state index contributed by atoms with van der Waals surface area (Å²) in [6, 6.07) is 17.3. The smallest absolute Gasteiger partial charge is 0.323 e. The number of pyridine rings is 2. The zero-order valence-electron chi connectivity index (χ0n) is 26.7. The Hall–Kier alpha value is -4.17. The summed E-state index contributed by atoms with van der Waals surface area (Å²) in [6.07, 6.45) is 7.17. The minimum absolute atomic E-state index is 0.195. The zero-order chi connectivity index (χ0) is 31.3. The second kappa shape index (κ2) is 13.6. The summed E-state index contributed by atoms with van der Waals surface area (Å²) in [6.45, 7) is 12.0. The van der Waals surface area contributed by atoms with E-state index in [4.69, 9.17) is 4.74 Å². The van der Waals surface area contributed by atoms with Crippen LogP contribution < -0.4 is 20.9 Å². The van der Waals surface area contributed by atoms with Crippen molar-refractivity contribution in [3.63, 3.8) is 0 Å². The first-order valence-electron chi connectivity index (χ1n) is 15.8. The van der Waals surface area contributed by atoms with Crippen LogP contribution in [0.3, 0.4) is 0 Å². The highest BCUT2D eigenvalue weighted by atomic mass is 16.5. The van der Waals surface area contributed by atoms with E-state index in [0.717, 1.165) is 60.2 Å². The van der Waals surface area contributed by atoms with E-state index < -0.39 is 6.03 Å². The summed E-state index contributed by atoms with van der Waals surface area (Å²) in [5, 5.41) is 6.90. The van der Waals surface area contributed by atoms with Crippen molar-refractivity contribution >= 4 is 28.4 Å². The fraction of sp³-hybridized carbons (Fsp3) is 0.417. The molecule has 4 aromatic rings. The third kappa shape index (κ3) is 6.97. The molecule has 1 aliphatic heterocycles. The van der Waals surface area contributed by atoms with Gasteiger partial charge >= 0.3 is 6.03 Å². The number of rotatable bonds is 9. The number of ether oxygens (including phenoxy) is 1. The number of hydrogen-bond acceptors (Lipinski definition) is 5. The molecule has 1 aliphatic rings. The van der Waals surface area contributed by atoms with E-state index in [-0.39, 0.29) is 16.7 Å². The molecular formula is C36H45N5O3. The molecule has 2 N–H and O–H groups in total. The third-order valence-corrected chi connectivity index (χ3v) is 8.35. The number of fused-ring (bicyclic) bond motifs is 1. The lowest BCUT2D eigenvalue weighted by Crippen LogP contribution is -2.31. The molecule has 5 rings (SSSR count). The average molecular weight is 596 g/mol. The van der Waals surface area contributed by atoms with Gasteiger partial charge in [0.15, 0.2) is 0 Å². The maximum Gasteiger partial charge on any atom is 0.323 e. The monoisotopic (exact) mass is 595 g/mol. The molecule has 232 valence electrons. The van der Waals surface area contributed by atoms with Gasteiger partial charge in [-0.3, -0.25) is 14.3 Å². The highest BCUT2D eigenvalue weighted by Crippen LogP contribution is 2.35. The summed E-state index contributed by atoms with van der Waals surface area (Å²) < 4.78 is 7.18. The molecule has 2 amide bonds. The van der Waals surface area contributed by atoms with E-state index in [1.54, 1.807) is 17.9 Å². The van der Waals surface area contributed by atoms with Gasteiger partial charge in [-0.15, -0.1) is 0 Å². The molecule has 0 aliphatic carbocycles. The molecule has 8 nitrogen and oxygen atoms in total. The Labute approximate surface area is 260 Å². The van der Waals surface area contributed by atoms with Crippen LogP contribution in [0.2, 0.25) is 0 Å². The maximum atomic E-state index is 14.2. The van der Waals surface area contributed by atoms with E-state index in [9.17, 15) is 9.59 Å². The number of hydrogen-bond donors (Lipinski definition) is 2. The quantitative estimate of drug-likeness (QED) is 0.206. The lowest BCUT2D eigenvalue weighted by atomic mass is 9.85. The van der Waals surface area contributed by atoms with Gasteiger partial charge in [-0.1, -0.05) is 64.8 Å². The Morgan fingerprint density at radius 1 is 1.00 bits per heavy atom. The fourth-order valence-electron chi connectivity index (χ4n) is 6.09. The average Bonchev–Trinajstić information content (AvgIpc) is 3.01. The van der Waals surface area contributed by atoms with Gasteiger partial charge < -0.3 is 15.4 Å². The number of aromatic nitrogens is 2. The van der Waals surface area contributed by atoms with Gasteiger partial charge in [-0.25, -0.2) is 9.78 Å². The van der Waals surface area contributed by atoms with Crippen LogP contribution in [0.15, 0.2) is 65.6 Å². The van der Waals surface area contributed by atoms with Gasteiger partial charge in [-0.2, -0.15) is 0 Å². The molecule has 0 radical (unpaired) electrons. The molecule has 0 spiro atoms. The van der Waals surface area contributed by atoms with Gasteiger partial charge in [0.25, 0.3) is 5.56 Å². The number of urea groups is 1. The topological polar surface area (TPSA) is 88.5 Å². The summed E-state index contributed by atoms with van der Waals surface area (Å²) >= 11 is 0. The number of nitrogens with one attached hydrogen (secondary N) is 2. The molecule has 8 heteroatoms. The van der Waals surface area contributed by atoms with E-state index in [0.29, 0.717) is 23.5 Å². The molecule has 44 heavy (non-hydrogen) atoms. The first-order valence-corrected chi connectivity index (χ1v) is 15.8. The van der Waals surface area contributed by atoms with Crippen molar-refractivity contribution in [1.29, 1.82) is 0 Å². The molecule has 3 heterocycles. The molecule has 2 aromatic heterocycles. The Bertz CT molecular complexity index is 1680. The number of piperidine rings is 1. The first-order chi connectivity index (χ1) is 21.2. The summed E-state index contributed by atoms with van der Waals surface area (Å²) in [4.78, 5) is 35.1. The number of unbranched alkanes of at least 4 members (excludes halogenated alkanes) is 1. The first kappa shape index (κ1) is 31.3. The Balaban J connectivity index is 1.57. The Morgan fingerprint density at radius 2 is 1.80 bits per heavy atom. The van der Waals surface area contributed by atoms with E-state index >= 15 is 0 Å². The van der Waals surface area contributed by atoms with E-state index in [1.165, 1.54) is 19.3 Å². The van der Waals surface area contributed by atoms with Gasteiger partial charge in [0, 0.05) is 35.9 Å². The molecular weight excluding hydrogens is 550 g/mol. The van der Waals surface area contributed by atoms with Crippen LogP contribution in [0.25, 0.3) is 22.2 Å². The number of amides is 2. The van der Waals surface area contributed by atoms with Crippen LogP contribution in [0.1, 0.15) is 70.9 Å². The second-order valence-corrected chi connectivity index (χ2v) is 12.7. The molecule has 2 aromatic carbocycles. The van der Waals surface area contributed by atoms with Crippen LogP contribution in [0.4, 0.5) is 16.2 Å². The molecule has 0 bridgehead atoms. The Kier molecular flexibility index (Phi) is 9.69. The van der Waals surface area contributed by atoms with Crippen molar-refractivity contribution in [3.05, 3.63) is 82.3 Å². The number of nitrogens with zero attached hydrogens (tertiary/aromatic N) is 3. The van der Waals surface area contributed by atoms with Crippen LogP contribution in [-0.2, 0) is 18.5 Å². The van der Waals surface area contributed by atoms with Gasteiger partial charge in [0.1, 0.15) is 17.1 Å². The standard InChI is InChI=1S/C36H45N5O3/c1-6-7-21-41-33-28(15-12-18-37-33)31(26-13-11-14-27(23-26)44-5)32(34(41)42)39-35(43)38-30-22-25(16-17-29(30)36(2,3)4)24-40-19-9-8-10-20-40/h11-18,22-23H,6-10,19-21,24H2,1-5H3,(H2,38,39,43). The van der Waals surface area contributed by atoms with Crippen molar-refractivity contribution in [2.75, 3.05) is 30.8 Å². The van der Waals surface area contributed by atoms with Crippen LogP contribution >= 0.6 is 0 Å². The number of carbonyl (C=O) groups is 1. The number of aryl methyl sites for hydroxylation is 1. The van der Waals surface area contributed by atoms with Crippen molar-refractivity contribution in [1.82, 2.24) is 14.5 Å². The number of anilines is 2. The highest BCUT2D eigenvalue weighted by molar-refractivity contribution is 6.07. The van der Waals surface area contributed by atoms with Gasteiger partial charge in [0.2, 0.25) is 0 Å². The summed E-state index contributed by atoms with van der Waals surface area (Å²) in [5.41, 5.74) is 4.65. The molecule has 0 saturated carbocycles. The van der Waals surface area contributed by atoms with Crippen LogP contribution in [-0.4, -0.2) is 40.7 Å². The van der Waals surface area contributed by atoms with E-state index in [1.807, 2.05) is 36.4 Å². The van der Waals surface area contributed by atoms with Crippen LogP contribution in [0, 0.1) is 0 Å². The number of benzene rings is 2. The Morgan fingerprint density at radius 3 is 2.52 bits per heavy atom. The van der Waals surface area contributed by atoms with Crippen molar-refractivity contribution in [2.24, 2.45) is 0 Å². The molecule has 1 saturated heterocycles. The van der Waals surface area contributed by atoms with Crippen molar-refractivity contribution in [2.45, 2.75) is 78.3 Å². The fourth-order valence-corrected chi connectivity index (χ4v) is 6.09. The van der Waals surface area contributed by atoms with Crippen molar-refractivity contribution < 1.29 is 9.53 Å². The lowest BCUT2D eigenvalue weighted by molar-refractivity contribution is 0.221. The minimum atomic E-state index is -0.461. The predicted octanol–water partition coefficient (Wildman–Crippen LogP) is 7.80. The highest BCUT2D eigenvalue weighted by Gasteiger charge is 2.24. The van der Waals surface area contributed by atoms with Gasteiger partial charge in [-0.05, 0) is 84.8 Å². The summed E-state index contributed by atoms with van der Waals surface area (Å²) in [5.74, 6) is 0.658.